The second kappa shape index (κ2) is 7.41. The van der Waals surface area contributed by atoms with E-state index in [1.165, 1.54) is 41.5 Å². The molecule has 0 spiro atoms. The van der Waals surface area contributed by atoms with Gasteiger partial charge in [0.1, 0.15) is 0 Å². The third kappa shape index (κ3) is 4.01. The minimum absolute atomic E-state index is 0.717. The van der Waals surface area contributed by atoms with Crippen LogP contribution in [-0.4, -0.2) is 0 Å². The van der Waals surface area contributed by atoms with Crippen LogP contribution in [0.25, 0.3) is 5.57 Å². The van der Waals surface area contributed by atoms with Crippen molar-refractivity contribution < 1.29 is 0 Å². The van der Waals surface area contributed by atoms with Gasteiger partial charge in [-0.3, -0.25) is 0 Å². The SMILES string of the molecule is C=C(CCCC)c1cccc(CC(C)C)c1CC. The Morgan fingerprint density at radius 2 is 1.94 bits per heavy atom. The first kappa shape index (κ1) is 15.0. The van der Waals surface area contributed by atoms with Crippen LogP contribution in [0, 0.1) is 5.92 Å². The van der Waals surface area contributed by atoms with E-state index in [0.29, 0.717) is 0 Å². The fraction of sp³-hybridized carbons (Fsp3) is 0.556. The molecule has 0 aliphatic heterocycles. The van der Waals surface area contributed by atoms with E-state index in [-0.39, 0.29) is 0 Å². The van der Waals surface area contributed by atoms with E-state index in [2.05, 4.69) is 52.5 Å². The fourth-order valence-electron chi connectivity index (χ4n) is 2.54. The molecule has 0 bridgehead atoms. The van der Waals surface area contributed by atoms with Crippen LogP contribution < -0.4 is 0 Å². The highest BCUT2D eigenvalue weighted by Crippen LogP contribution is 2.27. The van der Waals surface area contributed by atoms with Crippen LogP contribution in [0.4, 0.5) is 0 Å². The molecule has 0 saturated heterocycles. The molecule has 0 N–H and O–H groups in total. The van der Waals surface area contributed by atoms with Crippen LogP contribution in [-0.2, 0) is 12.8 Å². The Labute approximate surface area is 113 Å². The zero-order valence-corrected chi connectivity index (χ0v) is 12.6. The lowest BCUT2D eigenvalue weighted by Gasteiger charge is -2.16. The number of allylic oxidation sites excluding steroid dienone is 1. The van der Waals surface area contributed by atoms with Crippen molar-refractivity contribution in [2.24, 2.45) is 5.92 Å². The first-order valence-electron chi connectivity index (χ1n) is 7.39. The maximum atomic E-state index is 4.29. The van der Waals surface area contributed by atoms with E-state index in [9.17, 15) is 0 Å². The molecular weight excluding hydrogens is 216 g/mol. The van der Waals surface area contributed by atoms with Crippen molar-refractivity contribution in [3.63, 3.8) is 0 Å². The first-order valence-corrected chi connectivity index (χ1v) is 7.39. The predicted molar refractivity (Wildman–Crippen MR) is 82.9 cm³/mol. The van der Waals surface area contributed by atoms with E-state index in [1.54, 1.807) is 0 Å². The van der Waals surface area contributed by atoms with Gasteiger partial charge in [0.25, 0.3) is 0 Å². The van der Waals surface area contributed by atoms with E-state index < -0.39 is 0 Å². The van der Waals surface area contributed by atoms with Crippen molar-refractivity contribution in [3.8, 4) is 0 Å². The number of unbranched alkanes of at least 4 members (excludes halogenated alkanes) is 1. The molecule has 0 aliphatic rings. The Morgan fingerprint density at radius 1 is 1.22 bits per heavy atom. The molecule has 0 radical (unpaired) electrons. The minimum atomic E-state index is 0.717. The highest BCUT2D eigenvalue weighted by atomic mass is 14.1. The third-order valence-corrected chi connectivity index (χ3v) is 3.47. The summed E-state index contributed by atoms with van der Waals surface area (Å²) >= 11 is 0. The lowest BCUT2D eigenvalue weighted by molar-refractivity contribution is 0.643. The number of hydrogen-bond acceptors (Lipinski definition) is 0. The third-order valence-electron chi connectivity index (χ3n) is 3.47. The molecule has 0 heteroatoms. The highest BCUT2D eigenvalue weighted by molar-refractivity contribution is 5.67. The summed E-state index contributed by atoms with van der Waals surface area (Å²) in [6.07, 6.45) is 5.92. The van der Waals surface area contributed by atoms with Gasteiger partial charge in [0.15, 0.2) is 0 Å². The normalized spacial score (nSPS) is 10.9. The quantitative estimate of drug-likeness (QED) is 0.581. The Balaban J connectivity index is 3.00. The van der Waals surface area contributed by atoms with E-state index in [4.69, 9.17) is 0 Å². The second-order valence-electron chi connectivity index (χ2n) is 5.60. The van der Waals surface area contributed by atoms with E-state index in [1.807, 2.05) is 0 Å². The standard InChI is InChI=1S/C18H28/c1-6-8-10-15(5)18-12-9-11-16(13-14(3)4)17(18)7-2/h9,11-12,14H,5-8,10,13H2,1-4H3. The molecule has 0 aliphatic carbocycles. The van der Waals surface area contributed by atoms with Crippen molar-refractivity contribution in [3.05, 3.63) is 41.5 Å². The average molecular weight is 244 g/mol. The van der Waals surface area contributed by atoms with Crippen molar-refractivity contribution >= 4 is 5.57 Å². The molecule has 1 aromatic carbocycles. The molecule has 1 rings (SSSR count). The van der Waals surface area contributed by atoms with Gasteiger partial charge in [-0.25, -0.2) is 0 Å². The van der Waals surface area contributed by atoms with Crippen LogP contribution in [0.3, 0.4) is 0 Å². The predicted octanol–water partition coefficient (Wildman–Crippen LogP) is 5.65. The molecule has 0 fully saturated rings. The summed E-state index contributed by atoms with van der Waals surface area (Å²) in [6, 6.07) is 6.74. The van der Waals surface area contributed by atoms with Crippen molar-refractivity contribution in [1.82, 2.24) is 0 Å². The van der Waals surface area contributed by atoms with Crippen LogP contribution in [0.5, 0.6) is 0 Å². The number of benzene rings is 1. The monoisotopic (exact) mass is 244 g/mol. The van der Waals surface area contributed by atoms with Crippen molar-refractivity contribution in [2.45, 2.75) is 59.8 Å². The first-order chi connectivity index (χ1) is 8.60. The molecule has 0 unspecified atom stereocenters. The molecule has 0 heterocycles. The molecule has 0 saturated carbocycles. The second-order valence-corrected chi connectivity index (χ2v) is 5.60. The van der Waals surface area contributed by atoms with Crippen molar-refractivity contribution in [1.29, 1.82) is 0 Å². The molecule has 0 aromatic heterocycles. The molecule has 100 valence electrons. The van der Waals surface area contributed by atoms with Crippen LogP contribution in [0.15, 0.2) is 24.8 Å². The molecule has 0 atom stereocenters. The Bertz CT molecular complexity index is 385. The van der Waals surface area contributed by atoms with Crippen LogP contribution >= 0.6 is 0 Å². The van der Waals surface area contributed by atoms with Gasteiger partial charge in [-0.05, 0) is 53.9 Å². The van der Waals surface area contributed by atoms with Gasteiger partial charge in [-0.15, -0.1) is 0 Å². The Hall–Kier alpha value is -1.04. The molecule has 18 heavy (non-hydrogen) atoms. The lowest BCUT2D eigenvalue weighted by atomic mass is 9.89. The van der Waals surface area contributed by atoms with Crippen LogP contribution in [0.2, 0.25) is 0 Å². The maximum Gasteiger partial charge on any atom is -0.0196 e. The smallest absolute Gasteiger partial charge is 0.0196 e. The summed E-state index contributed by atoms with van der Waals surface area (Å²) in [6.45, 7) is 13.4. The summed E-state index contributed by atoms with van der Waals surface area (Å²) < 4.78 is 0. The largest absolute Gasteiger partial charge is 0.0952 e. The highest BCUT2D eigenvalue weighted by Gasteiger charge is 2.10. The van der Waals surface area contributed by atoms with Gasteiger partial charge < -0.3 is 0 Å². The van der Waals surface area contributed by atoms with Crippen molar-refractivity contribution in [2.75, 3.05) is 0 Å². The molecule has 0 nitrogen and oxygen atoms in total. The minimum Gasteiger partial charge on any atom is -0.0952 e. The Morgan fingerprint density at radius 3 is 2.50 bits per heavy atom. The number of rotatable bonds is 7. The Kier molecular flexibility index (Phi) is 6.18. The summed E-state index contributed by atoms with van der Waals surface area (Å²) in [7, 11) is 0. The lowest BCUT2D eigenvalue weighted by Crippen LogP contribution is -2.02. The van der Waals surface area contributed by atoms with Gasteiger partial charge >= 0.3 is 0 Å². The number of hydrogen-bond donors (Lipinski definition) is 0. The molecular formula is C18H28. The summed E-state index contributed by atoms with van der Waals surface area (Å²) in [5, 5.41) is 0. The van der Waals surface area contributed by atoms with Gasteiger partial charge in [0.2, 0.25) is 0 Å². The van der Waals surface area contributed by atoms with Crippen LogP contribution in [0.1, 0.15) is 63.6 Å². The fourth-order valence-corrected chi connectivity index (χ4v) is 2.54. The van der Waals surface area contributed by atoms with Gasteiger partial charge in [0.05, 0.1) is 0 Å². The zero-order valence-electron chi connectivity index (χ0n) is 12.6. The summed E-state index contributed by atoms with van der Waals surface area (Å²) in [4.78, 5) is 0. The van der Waals surface area contributed by atoms with Gasteiger partial charge in [0, 0.05) is 0 Å². The maximum absolute atomic E-state index is 4.29. The molecule has 1 aromatic rings. The zero-order chi connectivity index (χ0) is 13.5. The van der Waals surface area contributed by atoms with Gasteiger partial charge in [-0.2, -0.15) is 0 Å². The average Bonchev–Trinajstić information content (AvgIpc) is 2.34. The topological polar surface area (TPSA) is 0 Å². The van der Waals surface area contributed by atoms with Gasteiger partial charge in [-0.1, -0.05) is 58.9 Å². The van der Waals surface area contributed by atoms with E-state index in [0.717, 1.165) is 18.8 Å². The summed E-state index contributed by atoms with van der Waals surface area (Å²) in [5.41, 5.74) is 5.76. The van der Waals surface area contributed by atoms with E-state index >= 15 is 0 Å². The summed E-state index contributed by atoms with van der Waals surface area (Å²) in [5.74, 6) is 0.717. The molecule has 0 amide bonds.